The first kappa shape index (κ1) is 8.37. The fourth-order valence-corrected chi connectivity index (χ4v) is 1.86. The van der Waals surface area contributed by atoms with E-state index in [4.69, 9.17) is 23.2 Å². The summed E-state index contributed by atoms with van der Waals surface area (Å²) in [5.41, 5.74) is 0. The summed E-state index contributed by atoms with van der Waals surface area (Å²) in [5, 5.41) is 1.24. The molecule has 1 aliphatic heterocycles. The van der Waals surface area contributed by atoms with Gasteiger partial charge in [0.15, 0.2) is 5.16 Å². The molecule has 0 amide bonds. The lowest BCUT2D eigenvalue weighted by Gasteiger charge is -2.14. The first-order valence-corrected chi connectivity index (χ1v) is 4.68. The maximum Gasteiger partial charge on any atom is 0.152 e. The minimum atomic E-state index is 0.621. The van der Waals surface area contributed by atoms with Gasteiger partial charge in [-0.25, -0.2) is 0 Å². The Bertz CT molecular complexity index is 171. The Kier molecular flexibility index (Phi) is 2.61. The molecular formula is C5H8Cl2N2S. The zero-order valence-electron chi connectivity index (χ0n) is 5.77. The average molecular weight is 199 g/mol. The highest BCUT2D eigenvalue weighted by molar-refractivity contribution is 7.96. The molecule has 0 saturated heterocycles. The zero-order valence-corrected chi connectivity index (χ0v) is 8.09. The van der Waals surface area contributed by atoms with Crippen LogP contribution in [0.2, 0.25) is 0 Å². The van der Waals surface area contributed by atoms with E-state index in [2.05, 4.69) is 0 Å². The van der Waals surface area contributed by atoms with Gasteiger partial charge in [-0.1, -0.05) is 35.1 Å². The lowest BCUT2D eigenvalue weighted by atomic mass is 10.8. The van der Waals surface area contributed by atoms with Crippen molar-refractivity contribution in [3.8, 4) is 0 Å². The minimum absolute atomic E-state index is 0.621. The van der Waals surface area contributed by atoms with Crippen molar-refractivity contribution < 1.29 is 0 Å². The third kappa shape index (κ3) is 1.31. The van der Waals surface area contributed by atoms with Gasteiger partial charge in [0.2, 0.25) is 0 Å². The van der Waals surface area contributed by atoms with Crippen molar-refractivity contribution in [3.63, 3.8) is 0 Å². The number of hydrogen-bond acceptors (Lipinski definition) is 3. The first-order chi connectivity index (χ1) is 4.66. The minimum Gasteiger partial charge on any atom is -0.344 e. The number of rotatable bonds is 1. The van der Waals surface area contributed by atoms with E-state index in [1.165, 1.54) is 0 Å². The van der Waals surface area contributed by atoms with E-state index in [0.717, 1.165) is 6.67 Å². The summed E-state index contributed by atoms with van der Waals surface area (Å²) >= 11 is 13.2. The molecule has 0 N–H and O–H groups in total. The van der Waals surface area contributed by atoms with Crippen LogP contribution in [0.3, 0.4) is 0 Å². The molecule has 0 fully saturated rings. The molecule has 0 unspecified atom stereocenters. The Morgan fingerprint density at radius 3 is 2.20 bits per heavy atom. The van der Waals surface area contributed by atoms with E-state index in [-0.39, 0.29) is 0 Å². The highest BCUT2D eigenvalue weighted by Gasteiger charge is 2.22. The summed E-state index contributed by atoms with van der Waals surface area (Å²) in [6, 6.07) is 0. The lowest BCUT2D eigenvalue weighted by molar-refractivity contribution is 0.401. The van der Waals surface area contributed by atoms with Crippen LogP contribution in [0.5, 0.6) is 0 Å². The zero-order chi connectivity index (χ0) is 7.72. The van der Waals surface area contributed by atoms with Crippen molar-refractivity contribution >= 4 is 35.1 Å². The smallest absolute Gasteiger partial charge is 0.152 e. The topological polar surface area (TPSA) is 6.48 Å². The van der Waals surface area contributed by atoms with Gasteiger partial charge in [0.1, 0.15) is 11.8 Å². The van der Waals surface area contributed by atoms with Crippen molar-refractivity contribution in [3.05, 3.63) is 10.3 Å². The van der Waals surface area contributed by atoms with E-state index in [1.807, 2.05) is 22.5 Å². The van der Waals surface area contributed by atoms with Crippen molar-refractivity contribution in [2.24, 2.45) is 0 Å². The largest absolute Gasteiger partial charge is 0.344 e. The first-order valence-electron chi connectivity index (χ1n) is 2.75. The second-order valence-electron chi connectivity index (χ2n) is 1.98. The van der Waals surface area contributed by atoms with Gasteiger partial charge in [-0.3, -0.25) is 4.31 Å². The predicted molar refractivity (Wildman–Crippen MR) is 46.7 cm³/mol. The molecule has 0 aromatic rings. The molecule has 0 bridgehead atoms. The number of halogens is 2. The van der Waals surface area contributed by atoms with Crippen molar-refractivity contribution in [2.45, 2.75) is 0 Å². The van der Waals surface area contributed by atoms with E-state index < -0.39 is 0 Å². The fraction of sp³-hybridized carbons (Fsp3) is 0.600. The monoisotopic (exact) mass is 198 g/mol. The third-order valence-corrected chi connectivity index (χ3v) is 3.07. The number of nitrogens with zero attached hydrogens (tertiary/aromatic N) is 2. The molecule has 5 heteroatoms. The van der Waals surface area contributed by atoms with Gasteiger partial charge >= 0.3 is 0 Å². The molecule has 10 heavy (non-hydrogen) atoms. The Morgan fingerprint density at radius 2 is 2.00 bits per heavy atom. The van der Waals surface area contributed by atoms with E-state index in [0.29, 0.717) is 10.3 Å². The molecule has 1 aliphatic rings. The van der Waals surface area contributed by atoms with Crippen LogP contribution in [-0.2, 0) is 0 Å². The Morgan fingerprint density at radius 1 is 1.40 bits per heavy atom. The molecule has 58 valence electrons. The Hall–Kier alpha value is 0.270. The maximum atomic E-state index is 5.83. The van der Waals surface area contributed by atoms with Gasteiger partial charge < -0.3 is 4.90 Å². The fourth-order valence-electron chi connectivity index (χ4n) is 0.715. The molecule has 0 aromatic heterocycles. The number of hydrogen-bond donors (Lipinski definition) is 0. The summed E-state index contributed by atoms with van der Waals surface area (Å²) in [6.45, 7) is 0.763. The Balaban J connectivity index is 2.73. The van der Waals surface area contributed by atoms with Crippen LogP contribution < -0.4 is 0 Å². The van der Waals surface area contributed by atoms with E-state index >= 15 is 0 Å². The van der Waals surface area contributed by atoms with Gasteiger partial charge in [0.05, 0.1) is 0 Å². The Labute approximate surface area is 74.9 Å². The SMILES string of the molecule is CSN1CN(C)C(Cl)=C1Cl. The quantitative estimate of drug-likeness (QED) is 0.471. The summed E-state index contributed by atoms with van der Waals surface area (Å²) in [5.74, 6) is 0. The van der Waals surface area contributed by atoms with Crippen LogP contribution in [0, 0.1) is 0 Å². The van der Waals surface area contributed by atoms with Crippen molar-refractivity contribution in [1.82, 2.24) is 9.21 Å². The molecule has 0 atom stereocenters. The molecule has 2 nitrogen and oxygen atoms in total. The van der Waals surface area contributed by atoms with Crippen molar-refractivity contribution in [1.29, 1.82) is 0 Å². The molecular weight excluding hydrogens is 191 g/mol. The standard InChI is InChI=1S/C5H8Cl2N2S/c1-8-3-9(10-2)5(7)4(8)6/h3H2,1-2H3. The summed E-state index contributed by atoms with van der Waals surface area (Å²) in [7, 11) is 1.90. The van der Waals surface area contributed by atoms with Crippen LogP contribution in [0.4, 0.5) is 0 Å². The summed E-state index contributed by atoms with van der Waals surface area (Å²) in [6.07, 6.45) is 1.96. The van der Waals surface area contributed by atoms with Gasteiger partial charge in [0.25, 0.3) is 0 Å². The average Bonchev–Trinajstić information content (AvgIpc) is 2.17. The van der Waals surface area contributed by atoms with Gasteiger partial charge in [0, 0.05) is 13.3 Å². The predicted octanol–water partition coefficient (Wildman–Crippen LogP) is 2.07. The highest BCUT2D eigenvalue weighted by Crippen LogP contribution is 2.31. The second-order valence-corrected chi connectivity index (χ2v) is 3.50. The van der Waals surface area contributed by atoms with Crippen LogP contribution in [0.25, 0.3) is 0 Å². The van der Waals surface area contributed by atoms with Gasteiger partial charge in [-0.05, 0) is 0 Å². The maximum absolute atomic E-state index is 5.83. The molecule has 0 saturated carbocycles. The van der Waals surface area contributed by atoms with Crippen LogP contribution in [0.15, 0.2) is 10.3 Å². The molecule has 0 aliphatic carbocycles. The summed E-state index contributed by atoms with van der Waals surface area (Å²) in [4.78, 5) is 1.89. The molecule has 0 aromatic carbocycles. The van der Waals surface area contributed by atoms with Crippen LogP contribution >= 0.6 is 35.1 Å². The molecule has 1 heterocycles. The second kappa shape index (κ2) is 3.11. The van der Waals surface area contributed by atoms with E-state index in [1.54, 1.807) is 11.9 Å². The molecule has 1 rings (SSSR count). The van der Waals surface area contributed by atoms with Crippen molar-refractivity contribution in [2.75, 3.05) is 20.0 Å². The normalized spacial score (nSPS) is 19.2. The highest BCUT2D eigenvalue weighted by atomic mass is 35.5. The third-order valence-electron chi connectivity index (χ3n) is 1.29. The van der Waals surface area contributed by atoms with Crippen LogP contribution in [-0.4, -0.2) is 29.2 Å². The van der Waals surface area contributed by atoms with Gasteiger partial charge in [-0.2, -0.15) is 0 Å². The molecule has 0 spiro atoms. The van der Waals surface area contributed by atoms with Gasteiger partial charge in [-0.15, -0.1) is 0 Å². The lowest BCUT2D eigenvalue weighted by Crippen LogP contribution is -2.18. The van der Waals surface area contributed by atoms with Crippen LogP contribution in [0.1, 0.15) is 0 Å². The van der Waals surface area contributed by atoms with E-state index in [9.17, 15) is 0 Å². The summed E-state index contributed by atoms with van der Waals surface area (Å²) < 4.78 is 1.92. The molecule has 0 radical (unpaired) electrons.